The summed E-state index contributed by atoms with van der Waals surface area (Å²) in [6.45, 7) is 0. The van der Waals surface area contributed by atoms with Gasteiger partial charge in [0.05, 0.1) is 18.9 Å². The predicted octanol–water partition coefficient (Wildman–Crippen LogP) is 1.20. The summed E-state index contributed by atoms with van der Waals surface area (Å²) in [5.41, 5.74) is 0. The SMILES string of the molecule is COC1=CC[C@H]([C@@H](O)C#N)CC1. The average Bonchev–Trinajstić information content (AvgIpc) is 2.17. The van der Waals surface area contributed by atoms with Crippen molar-refractivity contribution in [3.8, 4) is 6.07 Å². The Hall–Kier alpha value is -1.01. The molecule has 0 spiro atoms. The van der Waals surface area contributed by atoms with Crippen LogP contribution in [0.15, 0.2) is 11.8 Å². The molecule has 0 saturated heterocycles. The van der Waals surface area contributed by atoms with Crippen molar-refractivity contribution in [2.45, 2.75) is 25.4 Å². The highest BCUT2D eigenvalue weighted by molar-refractivity contribution is 5.03. The monoisotopic (exact) mass is 167 g/mol. The van der Waals surface area contributed by atoms with Crippen molar-refractivity contribution in [3.05, 3.63) is 11.8 Å². The van der Waals surface area contributed by atoms with Crippen molar-refractivity contribution in [1.82, 2.24) is 0 Å². The molecule has 0 radical (unpaired) electrons. The second-order valence-corrected chi connectivity index (χ2v) is 2.98. The Labute approximate surface area is 72.3 Å². The zero-order valence-electron chi connectivity index (χ0n) is 7.16. The van der Waals surface area contributed by atoms with Crippen LogP contribution < -0.4 is 0 Å². The van der Waals surface area contributed by atoms with Gasteiger partial charge < -0.3 is 9.84 Å². The predicted molar refractivity (Wildman–Crippen MR) is 44.1 cm³/mol. The number of nitrogens with zero attached hydrogens (tertiary/aromatic N) is 1. The van der Waals surface area contributed by atoms with E-state index in [9.17, 15) is 5.11 Å². The fourth-order valence-corrected chi connectivity index (χ4v) is 1.41. The molecule has 0 aromatic rings. The fraction of sp³-hybridized carbons (Fsp3) is 0.667. The van der Waals surface area contributed by atoms with Gasteiger partial charge in [0.15, 0.2) is 0 Å². The smallest absolute Gasteiger partial charge is 0.143 e. The Bertz CT molecular complexity index is 217. The van der Waals surface area contributed by atoms with E-state index in [0.717, 1.165) is 25.0 Å². The zero-order valence-corrected chi connectivity index (χ0v) is 7.16. The minimum Gasteiger partial charge on any atom is -0.501 e. The topological polar surface area (TPSA) is 53.2 Å². The van der Waals surface area contributed by atoms with Crippen molar-refractivity contribution in [1.29, 1.82) is 5.26 Å². The number of methoxy groups -OCH3 is 1. The molecule has 0 fully saturated rings. The number of ether oxygens (including phenoxy) is 1. The van der Waals surface area contributed by atoms with Gasteiger partial charge in [-0.2, -0.15) is 5.26 Å². The van der Waals surface area contributed by atoms with Crippen LogP contribution in [0.3, 0.4) is 0 Å². The number of rotatable bonds is 2. The third-order valence-electron chi connectivity index (χ3n) is 2.25. The summed E-state index contributed by atoms with van der Waals surface area (Å²) in [6.07, 6.45) is 3.56. The van der Waals surface area contributed by atoms with E-state index >= 15 is 0 Å². The summed E-state index contributed by atoms with van der Waals surface area (Å²) in [6, 6.07) is 1.85. The van der Waals surface area contributed by atoms with Crippen molar-refractivity contribution < 1.29 is 9.84 Å². The first-order valence-electron chi connectivity index (χ1n) is 4.08. The number of aliphatic hydroxyl groups is 1. The summed E-state index contributed by atoms with van der Waals surface area (Å²) >= 11 is 0. The lowest BCUT2D eigenvalue weighted by molar-refractivity contribution is 0.141. The highest BCUT2D eigenvalue weighted by atomic mass is 16.5. The van der Waals surface area contributed by atoms with Gasteiger partial charge in [-0.3, -0.25) is 0 Å². The second kappa shape index (κ2) is 4.13. The van der Waals surface area contributed by atoms with Crippen LogP contribution in [0, 0.1) is 17.2 Å². The molecule has 0 aliphatic heterocycles. The first kappa shape index (κ1) is 9.08. The number of aliphatic hydroxyl groups excluding tert-OH is 1. The Morgan fingerprint density at radius 1 is 1.83 bits per heavy atom. The first-order chi connectivity index (χ1) is 5.77. The molecular formula is C9H13NO2. The maximum Gasteiger partial charge on any atom is 0.143 e. The summed E-state index contributed by atoms with van der Waals surface area (Å²) in [4.78, 5) is 0. The molecule has 2 atom stereocenters. The normalized spacial score (nSPS) is 25.4. The number of hydrogen-bond donors (Lipinski definition) is 1. The Kier molecular flexibility index (Phi) is 3.12. The zero-order chi connectivity index (χ0) is 8.97. The van der Waals surface area contributed by atoms with Gasteiger partial charge in [0.2, 0.25) is 0 Å². The molecule has 1 aliphatic rings. The molecule has 0 aromatic carbocycles. The van der Waals surface area contributed by atoms with Gasteiger partial charge in [-0.15, -0.1) is 0 Å². The van der Waals surface area contributed by atoms with Crippen LogP contribution in [-0.2, 0) is 4.74 Å². The minimum absolute atomic E-state index is 0.0916. The molecule has 0 saturated carbocycles. The van der Waals surface area contributed by atoms with Gasteiger partial charge in [0, 0.05) is 12.3 Å². The lowest BCUT2D eigenvalue weighted by Crippen LogP contribution is -2.20. The summed E-state index contributed by atoms with van der Waals surface area (Å²) < 4.78 is 5.05. The van der Waals surface area contributed by atoms with Crippen LogP contribution in [0.25, 0.3) is 0 Å². The van der Waals surface area contributed by atoms with E-state index in [1.807, 2.05) is 12.1 Å². The second-order valence-electron chi connectivity index (χ2n) is 2.98. The highest BCUT2D eigenvalue weighted by Crippen LogP contribution is 2.25. The molecule has 66 valence electrons. The molecule has 0 aromatic heterocycles. The molecule has 3 nitrogen and oxygen atoms in total. The quantitative estimate of drug-likeness (QED) is 0.629. The van der Waals surface area contributed by atoms with E-state index in [1.54, 1.807) is 7.11 Å². The lowest BCUT2D eigenvalue weighted by atomic mass is 9.89. The van der Waals surface area contributed by atoms with Gasteiger partial charge >= 0.3 is 0 Å². The van der Waals surface area contributed by atoms with Crippen LogP contribution in [0.1, 0.15) is 19.3 Å². The maximum absolute atomic E-state index is 9.21. The van der Waals surface area contributed by atoms with Crippen LogP contribution in [-0.4, -0.2) is 18.3 Å². The number of hydrogen-bond acceptors (Lipinski definition) is 3. The van der Waals surface area contributed by atoms with Crippen molar-refractivity contribution in [2.75, 3.05) is 7.11 Å². The largest absolute Gasteiger partial charge is 0.501 e. The molecule has 0 bridgehead atoms. The summed E-state index contributed by atoms with van der Waals surface area (Å²) in [7, 11) is 1.65. The van der Waals surface area contributed by atoms with Crippen LogP contribution in [0.5, 0.6) is 0 Å². The Balaban J connectivity index is 2.47. The summed E-state index contributed by atoms with van der Waals surface area (Å²) in [5, 5.41) is 17.7. The molecule has 0 heterocycles. The molecule has 1 aliphatic carbocycles. The van der Waals surface area contributed by atoms with Crippen molar-refractivity contribution >= 4 is 0 Å². The van der Waals surface area contributed by atoms with Gasteiger partial charge in [-0.05, 0) is 18.9 Å². The molecule has 12 heavy (non-hydrogen) atoms. The van der Waals surface area contributed by atoms with E-state index in [0.29, 0.717) is 0 Å². The van der Waals surface area contributed by atoms with E-state index in [2.05, 4.69) is 0 Å². The van der Waals surface area contributed by atoms with E-state index < -0.39 is 6.10 Å². The molecule has 1 rings (SSSR count). The van der Waals surface area contributed by atoms with Gasteiger partial charge in [0.1, 0.15) is 6.10 Å². The van der Waals surface area contributed by atoms with Gasteiger partial charge in [-0.1, -0.05) is 0 Å². The van der Waals surface area contributed by atoms with Gasteiger partial charge in [-0.25, -0.2) is 0 Å². The molecule has 1 N–H and O–H groups in total. The highest BCUT2D eigenvalue weighted by Gasteiger charge is 2.21. The molecule has 0 unspecified atom stereocenters. The number of allylic oxidation sites excluding steroid dienone is 2. The van der Waals surface area contributed by atoms with E-state index in [-0.39, 0.29) is 5.92 Å². The van der Waals surface area contributed by atoms with Crippen molar-refractivity contribution in [2.24, 2.45) is 5.92 Å². The molecule has 3 heteroatoms. The molecule has 0 amide bonds. The fourth-order valence-electron chi connectivity index (χ4n) is 1.41. The van der Waals surface area contributed by atoms with E-state index in [1.165, 1.54) is 0 Å². The van der Waals surface area contributed by atoms with Gasteiger partial charge in [0.25, 0.3) is 0 Å². The van der Waals surface area contributed by atoms with Crippen LogP contribution >= 0.6 is 0 Å². The molecular weight excluding hydrogens is 154 g/mol. The van der Waals surface area contributed by atoms with E-state index in [4.69, 9.17) is 10.00 Å². The average molecular weight is 167 g/mol. The summed E-state index contributed by atoms with van der Waals surface area (Å²) in [5.74, 6) is 1.06. The number of nitriles is 1. The van der Waals surface area contributed by atoms with Crippen LogP contribution in [0.4, 0.5) is 0 Å². The third-order valence-corrected chi connectivity index (χ3v) is 2.25. The van der Waals surface area contributed by atoms with Crippen LogP contribution in [0.2, 0.25) is 0 Å². The standard InChI is InChI=1S/C9H13NO2/c1-12-8-4-2-7(3-5-8)9(11)6-10/h4,7,9,11H,2-3,5H2,1H3/t7-,9-/m0/s1. The Morgan fingerprint density at radius 2 is 2.58 bits per heavy atom. The lowest BCUT2D eigenvalue weighted by Gasteiger charge is -2.21. The first-order valence-corrected chi connectivity index (χ1v) is 4.08. The maximum atomic E-state index is 9.21. The Morgan fingerprint density at radius 3 is 3.00 bits per heavy atom. The third kappa shape index (κ3) is 1.99. The minimum atomic E-state index is -0.820. The van der Waals surface area contributed by atoms with Crippen molar-refractivity contribution in [3.63, 3.8) is 0 Å².